The fourth-order valence-corrected chi connectivity index (χ4v) is 4.39. The number of carbonyl (C=O) groups is 1. The molecule has 0 bridgehead atoms. The average molecular weight is 460 g/mol. The number of amides is 1. The highest BCUT2D eigenvalue weighted by atomic mass is 19.4. The van der Waals surface area contributed by atoms with E-state index in [0.29, 0.717) is 25.1 Å². The fraction of sp³-hybridized carbons (Fsp3) is 0.435. The van der Waals surface area contributed by atoms with Crippen LogP contribution in [-0.4, -0.2) is 39.9 Å². The summed E-state index contributed by atoms with van der Waals surface area (Å²) in [5, 5.41) is 6.98. The number of nitrogens with one attached hydrogen (secondary N) is 1. The molecule has 33 heavy (non-hydrogen) atoms. The Balaban J connectivity index is 1.47. The third-order valence-electron chi connectivity index (χ3n) is 6.00. The molecule has 1 aliphatic carbocycles. The number of ether oxygens (including phenoxy) is 1. The number of fused-ring (bicyclic) bond motifs is 3. The first kappa shape index (κ1) is 21.7. The lowest BCUT2D eigenvalue weighted by Gasteiger charge is -2.13. The molecule has 3 aromatic rings. The largest absolute Gasteiger partial charge is 0.455 e. The van der Waals surface area contributed by atoms with Gasteiger partial charge in [-0.15, -0.1) is 0 Å². The van der Waals surface area contributed by atoms with Gasteiger partial charge in [0.05, 0.1) is 23.9 Å². The molecule has 3 aromatic heterocycles. The zero-order valence-corrected chi connectivity index (χ0v) is 18.0. The van der Waals surface area contributed by atoms with E-state index >= 15 is 0 Å². The van der Waals surface area contributed by atoms with E-state index in [0.717, 1.165) is 24.1 Å². The van der Waals surface area contributed by atoms with Crippen LogP contribution >= 0.6 is 0 Å². The summed E-state index contributed by atoms with van der Waals surface area (Å²) >= 11 is 0. The number of alkyl halides is 3. The highest BCUT2D eigenvalue weighted by Gasteiger charge is 2.45. The van der Waals surface area contributed by atoms with Crippen molar-refractivity contribution in [3.8, 4) is 11.3 Å². The molecule has 1 N–H and O–H groups in total. The number of hydrogen-bond acceptors (Lipinski definition) is 5. The van der Waals surface area contributed by atoms with E-state index in [4.69, 9.17) is 9.15 Å². The van der Waals surface area contributed by atoms with Crippen molar-refractivity contribution >= 4 is 5.91 Å². The Morgan fingerprint density at radius 2 is 2.15 bits per heavy atom. The SMILES string of the molecule is Cc1ccc(Cn2cc3c(n2)-c2c(oc(C(=O)NC[C@@H]4CCCO4)c2C(F)(F)F)CC3)cn1. The van der Waals surface area contributed by atoms with Gasteiger partial charge in [-0.3, -0.25) is 14.5 Å². The van der Waals surface area contributed by atoms with Gasteiger partial charge in [0.15, 0.2) is 0 Å². The normalized spacial score (nSPS) is 17.6. The number of rotatable bonds is 5. The van der Waals surface area contributed by atoms with Gasteiger partial charge in [-0.25, -0.2) is 0 Å². The molecule has 174 valence electrons. The Hall–Kier alpha value is -3.14. The molecule has 1 atom stereocenters. The Morgan fingerprint density at radius 1 is 1.30 bits per heavy atom. The lowest BCUT2D eigenvalue weighted by Crippen LogP contribution is -2.32. The van der Waals surface area contributed by atoms with Crippen LogP contribution in [0.2, 0.25) is 0 Å². The Bertz CT molecular complexity index is 1180. The summed E-state index contributed by atoms with van der Waals surface area (Å²) < 4.78 is 55.0. The molecular formula is C23H23F3N4O3. The van der Waals surface area contributed by atoms with Crippen molar-refractivity contribution in [3.63, 3.8) is 0 Å². The summed E-state index contributed by atoms with van der Waals surface area (Å²) in [4.78, 5) is 16.9. The summed E-state index contributed by atoms with van der Waals surface area (Å²) in [7, 11) is 0. The molecule has 7 nitrogen and oxygen atoms in total. The number of carbonyl (C=O) groups excluding carboxylic acids is 1. The molecule has 1 fully saturated rings. The maximum atomic E-state index is 14.1. The highest BCUT2D eigenvalue weighted by Crippen LogP contribution is 2.46. The van der Waals surface area contributed by atoms with Crippen LogP contribution in [0.3, 0.4) is 0 Å². The second-order valence-electron chi connectivity index (χ2n) is 8.46. The average Bonchev–Trinajstić information content (AvgIpc) is 3.50. The van der Waals surface area contributed by atoms with Crippen molar-refractivity contribution in [1.29, 1.82) is 0 Å². The molecule has 4 heterocycles. The molecule has 1 saturated heterocycles. The number of aromatic nitrogens is 3. The van der Waals surface area contributed by atoms with E-state index in [-0.39, 0.29) is 36.1 Å². The van der Waals surface area contributed by atoms with Gasteiger partial charge in [0.25, 0.3) is 5.91 Å². The smallest absolute Gasteiger partial charge is 0.420 e. The lowest BCUT2D eigenvalue weighted by molar-refractivity contribution is -0.137. The van der Waals surface area contributed by atoms with Crippen LogP contribution in [-0.2, 0) is 30.3 Å². The molecule has 1 amide bonds. The number of hydrogen-bond donors (Lipinski definition) is 1. The van der Waals surface area contributed by atoms with Crippen molar-refractivity contribution in [3.05, 3.63) is 58.4 Å². The van der Waals surface area contributed by atoms with Crippen molar-refractivity contribution in [2.24, 2.45) is 0 Å². The highest BCUT2D eigenvalue weighted by molar-refractivity contribution is 5.96. The van der Waals surface area contributed by atoms with Crippen molar-refractivity contribution in [2.45, 2.75) is 51.4 Å². The quantitative estimate of drug-likeness (QED) is 0.624. The molecular weight excluding hydrogens is 437 g/mol. The zero-order valence-electron chi connectivity index (χ0n) is 18.0. The second-order valence-corrected chi connectivity index (χ2v) is 8.46. The van der Waals surface area contributed by atoms with E-state index in [2.05, 4.69) is 15.4 Å². The van der Waals surface area contributed by atoms with Gasteiger partial charge in [0.2, 0.25) is 5.76 Å². The van der Waals surface area contributed by atoms with E-state index in [1.165, 1.54) is 0 Å². The van der Waals surface area contributed by atoms with Gasteiger partial charge in [-0.1, -0.05) is 6.07 Å². The minimum Gasteiger partial charge on any atom is -0.455 e. The van der Waals surface area contributed by atoms with Crippen molar-refractivity contribution < 1.29 is 27.1 Å². The van der Waals surface area contributed by atoms with Crippen LogP contribution in [0.15, 0.2) is 28.9 Å². The third-order valence-corrected chi connectivity index (χ3v) is 6.00. The van der Waals surface area contributed by atoms with Crippen molar-refractivity contribution in [1.82, 2.24) is 20.1 Å². The summed E-state index contributed by atoms with van der Waals surface area (Å²) in [5.74, 6) is -1.46. The maximum absolute atomic E-state index is 14.1. The first-order valence-electron chi connectivity index (χ1n) is 10.9. The predicted molar refractivity (Wildman–Crippen MR) is 112 cm³/mol. The van der Waals surface area contributed by atoms with E-state index in [1.807, 2.05) is 19.1 Å². The third kappa shape index (κ3) is 4.27. The minimum atomic E-state index is -4.77. The zero-order chi connectivity index (χ0) is 23.2. The van der Waals surface area contributed by atoms with Gasteiger partial charge < -0.3 is 14.5 Å². The monoisotopic (exact) mass is 460 g/mol. The topological polar surface area (TPSA) is 82.2 Å². The van der Waals surface area contributed by atoms with Crippen molar-refractivity contribution in [2.75, 3.05) is 13.2 Å². The van der Waals surface area contributed by atoms with Crippen LogP contribution in [0.25, 0.3) is 11.3 Å². The molecule has 5 rings (SSSR count). The number of aryl methyl sites for hydroxylation is 3. The number of nitrogens with zero attached hydrogens (tertiary/aromatic N) is 3. The number of furan rings is 1. The predicted octanol–water partition coefficient (Wildman–Crippen LogP) is 3.92. The summed E-state index contributed by atoms with van der Waals surface area (Å²) in [6, 6.07) is 3.78. The van der Waals surface area contributed by atoms with E-state index < -0.39 is 23.4 Å². The van der Waals surface area contributed by atoms with Gasteiger partial charge in [0.1, 0.15) is 11.3 Å². The molecule has 1 aliphatic heterocycles. The van der Waals surface area contributed by atoms with Crippen LogP contribution in [0.5, 0.6) is 0 Å². The van der Waals surface area contributed by atoms with Gasteiger partial charge in [-0.05, 0) is 43.4 Å². The van der Waals surface area contributed by atoms with Gasteiger partial charge in [-0.2, -0.15) is 18.3 Å². The molecule has 0 spiro atoms. The van der Waals surface area contributed by atoms with Crippen LogP contribution in [0.1, 0.15) is 51.5 Å². The number of pyridine rings is 1. The Kier molecular flexibility index (Phi) is 5.48. The number of halogens is 3. The molecule has 10 heteroatoms. The lowest BCUT2D eigenvalue weighted by atomic mass is 9.93. The molecule has 0 saturated carbocycles. The minimum absolute atomic E-state index is 0.133. The maximum Gasteiger partial charge on any atom is 0.420 e. The first-order valence-corrected chi connectivity index (χ1v) is 10.9. The van der Waals surface area contributed by atoms with E-state index in [9.17, 15) is 18.0 Å². The molecule has 2 aliphatic rings. The summed E-state index contributed by atoms with van der Waals surface area (Å²) in [5.41, 5.74) is 1.47. The molecule has 0 radical (unpaired) electrons. The summed E-state index contributed by atoms with van der Waals surface area (Å²) in [6.07, 6.45) is 0.891. The van der Waals surface area contributed by atoms with Gasteiger partial charge in [0, 0.05) is 37.7 Å². The van der Waals surface area contributed by atoms with Crippen LogP contribution in [0, 0.1) is 6.92 Å². The Labute approximate surface area is 187 Å². The standard InChI is InChI=1S/C23H23F3N4O3/c1-13-4-5-14(9-27-13)11-30-12-15-6-7-17-18(20(15)29-30)19(23(24,25)26)21(33-17)22(31)28-10-16-3-2-8-32-16/h4-5,9,12,16H,2-3,6-8,10-11H2,1H3,(H,28,31)/t16-/m0/s1. The Morgan fingerprint density at radius 3 is 2.85 bits per heavy atom. The van der Waals surface area contributed by atoms with E-state index in [1.54, 1.807) is 17.1 Å². The first-order chi connectivity index (χ1) is 15.8. The van der Waals surface area contributed by atoms with Crippen LogP contribution < -0.4 is 5.32 Å². The fourth-order valence-electron chi connectivity index (χ4n) is 4.39. The molecule has 0 aromatic carbocycles. The second kappa shape index (κ2) is 8.33. The summed E-state index contributed by atoms with van der Waals surface area (Å²) in [6.45, 7) is 2.99. The van der Waals surface area contributed by atoms with Crippen LogP contribution in [0.4, 0.5) is 13.2 Å². The van der Waals surface area contributed by atoms with Gasteiger partial charge >= 0.3 is 6.18 Å². The molecule has 0 unspecified atom stereocenters.